The van der Waals surface area contributed by atoms with Crippen LogP contribution in [0.3, 0.4) is 0 Å². The third-order valence-corrected chi connectivity index (χ3v) is 8.54. The summed E-state index contributed by atoms with van der Waals surface area (Å²) in [5.41, 5.74) is 7.13. The van der Waals surface area contributed by atoms with Gasteiger partial charge >= 0.3 is 0 Å². The van der Waals surface area contributed by atoms with Gasteiger partial charge in [0, 0.05) is 10.8 Å². The van der Waals surface area contributed by atoms with E-state index in [-0.39, 0.29) is 57.7 Å². The molecule has 9 aromatic rings. The summed E-state index contributed by atoms with van der Waals surface area (Å²) in [4.78, 5) is 0. The lowest BCUT2D eigenvalue weighted by Crippen LogP contribution is -1.91. The van der Waals surface area contributed by atoms with E-state index in [1.165, 1.54) is 0 Å². The summed E-state index contributed by atoms with van der Waals surface area (Å²) < 4.78 is 65.8. The molecule has 0 unspecified atom stereocenters. The van der Waals surface area contributed by atoms with Crippen molar-refractivity contribution in [1.82, 2.24) is 0 Å². The number of para-hydroxylation sites is 1. The van der Waals surface area contributed by atoms with E-state index in [0.717, 1.165) is 54.9 Å². The van der Waals surface area contributed by atoms with E-state index in [4.69, 9.17) is 12.6 Å². The molecule has 1 aromatic heterocycles. The first kappa shape index (κ1) is 19.4. The summed E-state index contributed by atoms with van der Waals surface area (Å²) in [7, 11) is 0. The van der Waals surface area contributed by atoms with Crippen molar-refractivity contribution in [2.24, 2.45) is 0 Å². The standard InChI is InChI=1S/C44H28O/c1-2-11-29(12-3-1)32-13-10-14-34(27-32)44-38-18-6-4-16-36(38)43(37-17-5-7-19-39(37)44)31-23-21-30(22-24-31)33-25-26-42-40(28-33)35-15-8-9-20-41(35)45-42/h1-28H/i8D,9D,15D,20D,25D,26D,28D. The highest BCUT2D eigenvalue weighted by molar-refractivity contribution is 6.21. The van der Waals surface area contributed by atoms with E-state index in [1.807, 2.05) is 42.5 Å². The molecule has 8 aromatic carbocycles. The van der Waals surface area contributed by atoms with Gasteiger partial charge in [-0.2, -0.15) is 0 Å². The second-order valence-electron chi connectivity index (χ2n) is 11.1. The normalized spacial score (nSPS) is 13.7. The van der Waals surface area contributed by atoms with Crippen LogP contribution in [-0.4, -0.2) is 0 Å². The highest BCUT2D eigenvalue weighted by Gasteiger charge is 2.17. The molecule has 45 heavy (non-hydrogen) atoms. The average Bonchev–Trinajstić information content (AvgIpc) is 3.60. The van der Waals surface area contributed by atoms with Crippen LogP contribution < -0.4 is 0 Å². The van der Waals surface area contributed by atoms with Crippen molar-refractivity contribution in [3.63, 3.8) is 0 Å². The van der Waals surface area contributed by atoms with Gasteiger partial charge in [-0.15, -0.1) is 0 Å². The van der Waals surface area contributed by atoms with Crippen LogP contribution >= 0.6 is 0 Å². The number of furan rings is 1. The summed E-state index contributed by atoms with van der Waals surface area (Å²) in [6.07, 6.45) is 0. The van der Waals surface area contributed by atoms with Crippen molar-refractivity contribution in [2.75, 3.05) is 0 Å². The molecule has 0 fully saturated rings. The molecule has 9 rings (SSSR count). The summed E-state index contributed by atoms with van der Waals surface area (Å²) in [5, 5.41) is 4.56. The monoisotopic (exact) mass is 579 g/mol. The predicted octanol–water partition coefficient (Wildman–Crippen LogP) is 12.6. The fourth-order valence-corrected chi connectivity index (χ4v) is 6.49. The number of rotatable bonds is 4. The van der Waals surface area contributed by atoms with Gasteiger partial charge in [0.2, 0.25) is 0 Å². The summed E-state index contributed by atoms with van der Waals surface area (Å²) >= 11 is 0. The predicted molar refractivity (Wildman–Crippen MR) is 190 cm³/mol. The summed E-state index contributed by atoms with van der Waals surface area (Å²) in [6.45, 7) is 0. The maximum atomic E-state index is 9.20. The van der Waals surface area contributed by atoms with Crippen molar-refractivity contribution in [3.8, 4) is 44.5 Å². The first-order valence-electron chi connectivity index (χ1n) is 18.4. The quantitative estimate of drug-likeness (QED) is 0.189. The molecule has 0 amide bonds. The van der Waals surface area contributed by atoms with E-state index >= 15 is 0 Å². The van der Waals surface area contributed by atoms with Gasteiger partial charge in [0.1, 0.15) is 11.2 Å². The number of fused-ring (bicyclic) bond motifs is 5. The van der Waals surface area contributed by atoms with E-state index in [2.05, 4.69) is 84.9 Å². The van der Waals surface area contributed by atoms with Gasteiger partial charge in [-0.05, 0) is 90.2 Å². The zero-order chi connectivity index (χ0) is 35.8. The lowest BCUT2D eigenvalue weighted by atomic mass is 9.85. The van der Waals surface area contributed by atoms with Crippen LogP contribution in [0.25, 0.3) is 88.0 Å². The minimum atomic E-state index is -0.453. The van der Waals surface area contributed by atoms with Gasteiger partial charge in [-0.25, -0.2) is 0 Å². The number of hydrogen-bond donors (Lipinski definition) is 0. The maximum absolute atomic E-state index is 9.20. The van der Waals surface area contributed by atoms with E-state index in [0.29, 0.717) is 5.56 Å². The van der Waals surface area contributed by atoms with Gasteiger partial charge < -0.3 is 4.42 Å². The topological polar surface area (TPSA) is 13.1 Å². The highest BCUT2D eigenvalue weighted by Crippen LogP contribution is 2.44. The Balaban J connectivity index is 1.24. The van der Waals surface area contributed by atoms with Crippen LogP contribution in [0.5, 0.6) is 0 Å². The van der Waals surface area contributed by atoms with Gasteiger partial charge in [0.05, 0.1) is 9.60 Å². The lowest BCUT2D eigenvalue weighted by Gasteiger charge is -2.18. The maximum Gasteiger partial charge on any atom is 0.135 e. The second-order valence-corrected chi connectivity index (χ2v) is 11.1. The Bertz CT molecular complexity index is 2860. The first-order valence-corrected chi connectivity index (χ1v) is 14.9. The van der Waals surface area contributed by atoms with E-state index in [1.54, 1.807) is 0 Å². The van der Waals surface area contributed by atoms with E-state index < -0.39 is 12.1 Å². The largest absolute Gasteiger partial charge is 0.456 e. The smallest absolute Gasteiger partial charge is 0.135 e. The third-order valence-electron chi connectivity index (χ3n) is 8.54. The Morgan fingerprint density at radius 1 is 0.356 bits per heavy atom. The Labute approximate surface area is 271 Å². The van der Waals surface area contributed by atoms with Gasteiger partial charge in [0.25, 0.3) is 0 Å². The first-order chi connectivity index (χ1) is 25.2. The molecule has 0 aliphatic carbocycles. The van der Waals surface area contributed by atoms with Gasteiger partial charge in [-0.3, -0.25) is 0 Å². The molecule has 0 radical (unpaired) electrons. The molecule has 0 aliphatic rings. The molecule has 0 N–H and O–H groups in total. The summed E-state index contributed by atoms with van der Waals surface area (Å²) in [5.74, 6) is 0. The molecule has 1 nitrogen and oxygen atoms in total. The van der Waals surface area contributed by atoms with Crippen LogP contribution in [0.1, 0.15) is 9.60 Å². The van der Waals surface area contributed by atoms with Crippen molar-refractivity contribution in [3.05, 3.63) is 170 Å². The molecule has 0 atom stereocenters. The fourth-order valence-electron chi connectivity index (χ4n) is 6.49. The van der Waals surface area contributed by atoms with Crippen LogP contribution in [0.15, 0.2) is 174 Å². The number of benzene rings is 8. The summed E-state index contributed by atoms with van der Waals surface area (Å²) in [6, 6.07) is 41.3. The average molecular weight is 580 g/mol. The molecule has 0 saturated carbocycles. The van der Waals surface area contributed by atoms with Crippen LogP contribution in [0.2, 0.25) is 0 Å². The Morgan fingerprint density at radius 2 is 0.889 bits per heavy atom. The molecule has 0 saturated heterocycles. The molecule has 210 valence electrons. The molecule has 0 bridgehead atoms. The molecule has 0 aliphatic heterocycles. The molecule has 0 spiro atoms. The third kappa shape index (κ3) is 4.24. The van der Waals surface area contributed by atoms with Crippen LogP contribution in [-0.2, 0) is 0 Å². The molecule has 1 heterocycles. The molecular weight excluding hydrogens is 544 g/mol. The zero-order valence-corrected chi connectivity index (χ0v) is 24.0. The molecular formula is C44H28O. The SMILES string of the molecule is [2H]c1c([2H])c([2H])c2c(oc3c([2H])c([2H])c(-c4ccc(-c5c6ccccc6c(-c6cccc(-c7ccccc7)c6)c6ccccc56)cc4)c([2H])c32)c1[2H]. The van der Waals surface area contributed by atoms with Crippen LogP contribution in [0, 0.1) is 0 Å². The number of hydrogen-bond acceptors (Lipinski definition) is 1. The van der Waals surface area contributed by atoms with Gasteiger partial charge in [0.15, 0.2) is 0 Å². The van der Waals surface area contributed by atoms with Crippen molar-refractivity contribution >= 4 is 43.5 Å². The Hall–Kier alpha value is -5.92. The van der Waals surface area contributed by atoms with Crippen molar-refractivity contribution in [2.45, 2.75) is 0 Å². The zero-order valence-electron chi connectivity index (χ0n) is 31.0. The van der Waals surface area contributed by atoms with Crippen LogP contribution in [0.4, 0.5) is 0 Å². The van der Waals surface area contributed by atoms with Gasteiger partial charge in [-0.1, -0.05) is 145 Å². The minimum absolute atomic E-state index is 0.0460. The minimum Gasteiger partial charge on any atom is -0.456 e. The van der Waals surface area contributed by atoms with Crippen molar-refractivity contribution in [1.29, 1.82) is 0 Å². The lowest BCUT2D eigenvalue weighted by molar-refractivity contribution is 0.669. The second kappa shape index (κ2) is 10.4. The van der Waals surface area contributed by atoms with E-state index in [9.17, 15) is 1.37 Å². The highest BCUT2D eigenvalue weighted by atomic mass is 16.3. The van der Waals surface area contributed by atoms with Crippen molar-refractivity contribution < 1.29 is 14.0 Å². The molecule has 1 heteroatoms. The Morgan fingerprint density at radius 3 is 1.60 bits per heavy atom. The Kier molecular flexibility index (Phi) is 4.46. The fraction of sp³-hybridized carbons (Fsp3) is 0.